The second-order valence-electron chi connectivity index (χ2n) is 3.68. The lowest BCUT2D eigenvalue weighted by Gasteiger charge is -2.06. The predicted molar refractivity (Wildman–Crippen MR) is 65.4 cm³/mol. The summed E-state index contributed by atoms with van der Waals surface area (Å²) >= 11 is 0. The number of benzene rings is 1. The van der Waals surface area contributed by atoms with Crippen molar-refractivity contribution in [2.45, 2.75) is 6.54 Å². The summed E-state index contributed by atoms with van der Waals surface area (Å²) < 4.78 is 1.90. The number of nitrogens with one attached hydrogen (secondary N) is 1. The number of nitrogens with zero attached hydrogens (tertiary/aromatic N) is 2. The zero-order chi connectivity index (χ0) is 12.1. The van der Waals surface area contributed by atoms with Crippen molar-refractivity contribution in [3.8, 4) is 0 Å². The van der Waals surface area contributed by atoms with E-state index in [9.17, 15) is 4.79 Å². The van der Waals surface area contributed by atoms with Gasteiger partial charge in [-0.05, 0) is 18.2 Å². The highest BCUT2D eigenvalue weighted by Crippen LogP contribution is 2.05. The van der Waals surface area contributed by atoms with Gasteiger partial charge in [-0.2, -0.15) is 0 Å². The molecule has 3 N–H and O–H groups in total. The van der Waals surface area contributed by atoms with Gasteiger partial charge in [-0.1, -0.05) is 6.07 Å². The largest absolute Gasteiger partial charge is 0.399 e. The summed E-state index contributed by atoms with van der Waals surface area (Å²) in [4.78, 5) is 15.7. The minimum Gasteiger partial charge on any atom is -0.399 e. The molecule has 0 radical (unpaired) electrons. The topological polar surface area (TPSA) is 72.9 Å². The molecule has 5 heteroatoms. The highest BCUT2D eigenvalue weighted by Gasteiger charge is 2.04. The number of anilines is 1. The summed E-state index contributed by atoms with van der Waals surface area (Å²) in [6.45, 7) is 1.26. The quantitative estimate of drug-likeness (QED) is 0.766. The van der Waals surface area contributed by atoms with Crippen molar-refractivity contribution >= 4 is 11.6 Å². The molecule has 1 amide bonds. The van der Waals surface area contributed by atoms with Crippen molar-refractivity contribution in [1.29, 1.82) is 0 Å². The third kappa shape index (κ3) is 3.07. The van der Waals surface area contributed by atoms with Crippen molar-refractivity contribution in [2.75, 3.05) is 12.3 Å². The SMILES string of the molecule is Nc1cccc(C(=O)NCCn2ccnc2)c1. The van der Waals surface area contributed by atoms with Gasteiger partial charge in [0.15, 0.2) is 0 Å². The highest BCUT2D eigenvalue weighted by molar-refractivity contribution is 5.94. The Morgan fingerprint density at radius 3 is 3.06 bits per heavy atom. The molecule has 0 spiro atoms. The van der Waals surface area contributed by atoms with Crippen LogP contribution in [0.25, 0.3) is 0 Å². The molecule has 0 unspecified atom stereocenters. The number of nitrogens with two attached hydrogens (primary N) is 1. The monoisotopic (exact) mass is 230 g/mol. The fraction of sp³-hybridized carbons (Fsp3) is 0.167. The molecule has 2 aromatic rings. The Kier molecular flexibility index (Phi) is 3.40. The molecule has 0 aliphatic heterocycles. The average molecular weight is 230 g/mol. The van der Waals surface area contributed by atoms with Crippen LogP contribution in [0.1, 0.15) is 10.4 Å². The molecule has 88 valence electrons. The van der Waals surface area contributed by atoms with Gasteiger partial charge < -0.3 is 15.6 Å². The van der Waals surface area contributed by atoms with E-state index in [0.29, 0.717) is 24.3 Å². The maximum Gasteiger partial charge on any atom is 0.251 e. The van der Waals surface area contributed by atoms with Crippen LogP contribution in [-0.2, 0) is 6.54 Å². The molecule has 0 aliphatic carbocycles. The first-order valence-corrected chi connectivity index (χ1v) is 5.35. The van der Waals surface area contributed by atoms with E-state index in [2.05, 4.69) is 10.3 Å². The molecule has 0 bridgehead atoms. The Bertz CT molecular complexity index is 493. The number of rotatable bonds is 4. The van der Waals surface area contributed by atoms with Gasteiger partial charge in [-0.25, -0.2) is 4.98 Å². The maximum absolute atomic E-state index is 11.7. The van der Waals surface area contributed by atoms with E-state index in [-0.39, 0.29) is 5.91 Å². The van der Waals surface area contributed by atoms with Crippen LogP contribution >= 0.6 is 0 Å². The Labute approximate surface area is 99.3 Å². The normalized spacial score (nSPS) is 10.1. The van der Waals surface area contributed by atoms with Crippen LogP contribution < -0.4 is 11.1 Å². The Morgan fingerprint density at radius 1 is 1.47 bits per heavy atom. The van der Waals surface area contributed by atoms with Gasteiger partial charge in [0.25, 0.3) is 5.91 Å². The third-order valence-electron chi connectivity index (χ3n) is 2.36. The van der Waals surface area contributed by atoms with Gasteiger partial charge in [-0.3, -0.25) is 4.79 Å². The third-order valence-corrected chi connectivity index (χ3v) is 2.36. The number of imidazole rings is 1. The van der Waals surface area contributed by atoms with E-state index < -0.39 is 0 Å². The zero-order valence-electron chi connectivity index (χ0n) is 9.34. The molecule has 2 rings (SSSR count). The van der Waals surface area contributed by atoms with Gasteiger partial charge in [0.1, 0.15) is 0 Å². The fourth-order valence-corrected chi connectivity index (χ4v) is 1.50. The molecule has 0 atom stereocenters. The first-order valence-electron chi connectivity index (χ1n) is 5.35. The molecular formula is C12H14N4O. The number of carbonyl (C=O) groups is 1. The van der Waals surface area contributed by atoms with Crippen molar-refractivity contribution in [2.24, 2.45) is 0 Å². The number of nitrogen functional groups attached to an aromatic ring is 1. The Hall–Kier alpha value is -2.30. The summed E-state index contributed by atoms with van der Waals surface area (Å²) in [5.41, 5.74) is 6.78. The molecule has 1 aromatic carbocycles. The van der Waals surface area contributed by atoms with E-state index in [1.165, 1.54) is 0 Å². The lowest BCUT2D eigenvalue weighted by Crippen LogP contribution is -2.27. The Morgan fingerprint density at radius 2 is 2.35 bits per heavy atom. The van der Waals surface area contributed by atoms with E-state index >= 15 is 0 Å². The molecule has 0 fully saturated rings. The van der Waals surface area contributed by atoms with Crippen LogP contribution in [0.4, 0.5) is 5.69 Å². The summed E-state index contributed by atoms with van der Waals surface area (Å²) in [6.07, 6.45) is 5.28. The van der Waals surface area contributed by atoms with Crippen molar-refractivity contribution in [1.82, 2.24) is 14.9 Å². The van der Waals surface area contributed by atoms with Crippen LogP contribution in [0.3, 0.4) is 0 Å². The molecule has 17 heavy (non-hydrogen) atoms. The van der Waals surface area contributed by atoms with Crippen LogP contribution in [-0.4, -0.2) is 22.0 Å². The summed E-state index contributed by atoms with van der Waals surface area (Å²) in [6, 6.07) is 6.91. The standard InChI is InChI=1S/C12H14N4O/c13-11-3-1-2-10(8-11)12(17)15-5-7-16-6-4-14-9-16/h1-4,6,8-9H,5,7,13H2,(H,15,17). The van der Waals surface area contributed by atoms with Crippen molar-refractivity contribution < 1.29 is 4.79 Å². The second kappa shape index (κ2) is 5.16. The predicted octanol–water partition coefficient (Wildman–Crippen LogP) is 0.895. The van der Waals surface area contributed by atoms with Crippen LogP contribution in [0.15, 0.2) is 43.0 Å². The van der Waals surface area contributed by atoms with Gasteiger partial charge in [0.05, 0.1) is 6.33 Å². The molecule has 0 saturated heterocycles. The molecule has 0 saturated carbocycles. The molecule has 1 heterocycles. The average Bonchev–Trinajstić information content (AvgIpc) is 2.82. The number of carbonyl (C=O) groups excluding carboxylic acids is 1. The zero-order valence-corrected chi connectivity index (χ0v) is 9.34. The molecule has 5 nitrogen and oxygen atoms in total. The molecule has 1 aromatic heterocycles. The smallest absolute Gasteiger partial charge is 0.251 e. The fourth-order valence-electron chi connectivity index (χ4n) is 1.50. The first kappa shape index (κ1) is 11.2. The van der Waals surface area contributed by atoms with Crippen molar-refractivity contribution in [3.05, 3.63) is 48.5 Å². The first-order chi connectivity index (χ1) is 8.25. The van der Waals surface area contributed by atoms with E-state index in [1.807, 2.05) is 10.8 Å². The maximum atomic E-state index is 11.7. The van der Waals surface area contributed by atoms with Gasteiger partial charge in [0, 0.05) is 36.7 Å². The van der Waals surface area contributed by atoms with Gasteiger partial charge in [-0.15, -0.1) is 0 Å². The summed E-state index contributed by atoms with van der Waals surface area (Å²) in [7, 11) is 0. The minimum atomic E-state index is -0.114. The summed E-state index contributed by atoms with van der Waals surface area (Å²) in [5.74, 6) is -0.114. The second-order valence-corrected chi connectivity index (χ2v) is 3.68. The minimum absolute atomic E-state index is 0.114. The van der Waals surface area contributed by atoms with Gasteiger partial charge >= 0.3 is 0 Å². The van der Waals surface area contributed by atoms with Gasteiger partial charge in [0.2, 0.25) is 0 Å². The highest BCUT2D eigenvalue weighted by atomic mass is 16.1. The van der Waals surface area contributed by atoms with Crippen LogP contribution in [0.2, 0.25) is 0 Å². The number of amides is 1. The molecular weight excluding hydrogens is 216 g/mol. The van der Waals surface area contributed by atoms with E-state index in [0.717, 1.165) is 0 Å². The van der Waals surface area contributed by atoms with E-state index in [1.54, 1.807) is 36.8 Å². The van der Waals surface area contributed by atoms with Crippen LogP contribution in [0.5, 0.6) is 0 Å². The lowest BCUT2D eigenvalue weighted by molar-refractivity contribution is 0.0952. The molecule has 0 aliphatic rings. The number of hydrogen-bond acceptors (Lipinski definition) is 3. The summed E-state index contributed by atoms with van der Waals surface area (Å²) in [5, 5.41) is 2.82. The van der Waals surface area contributed by atoms with Crippen LogP contribution in [0, 0.1) is 0 Å². The number of hydrogen-bond donors (Lipinski definition) is 2. The Balaban J connectivity index is 1.85. The van der Waals surface area contributed by atoms with E-state index in [4.69, 9.17) is 5.73 Å². The lowest BCUT2D eigenvalue weighted by atomic mass is 10.2. The number of aromatic nitrogens is 2. The van der Waals surface area contributed by atoms with Crippen molar-refractivity contribution in [3.63, 3.8) is 0 Å².